The van der Waals surface area contributed by atoms with Crippen molar-refractivity contribution in [3.8, 4) is 0 Å². The Kier molecular flexibility index (Phi) is 3.69. The lowest BCUT2D eigenvalue weighted by Crippen LogP contribution is -2.27. The maximum atomic E-state index is 12.4. The van der Waals surface area contributed by atoms with Crippen molar-refractivity contribution in [1.82, 2.24) is 9.47 Å². The fourth-order valence-electron chi connectivity index (χ4n) is 2.64. The van der Waals surface area contributed by atoms with E-state index in [1.54, 1.807) is 11.9 Å². The molecule has 2 aromatic rings. The summed E-state index contributed by atoms with van der Waals surface area (Å²) in [6.07, 6.45) is 3.08. The van der Waals surface area contributed by atoms with Gasteiger partial charge in [-0.15, -0.1) is 0 Å². The molecule has 0 saturated heterocycles. The second kappa shape index (κ2) is 5.37. The van der Waals surface area contributed by atoms with E-state index in [0.29, 0.717) is 18.2 Å². The number of amides is 1. The van der Waals surface area contributed by atoms with Crippen LogP contribution in [0.4, 0.5) is 0 Å². The van der Waals surface area contributed by atoms with Crippen LogP contribution in [-0.2, 0) is 13.6 Å². The van der Waals surface area contributed by atoms with Crippen LogP contribution in [0.1, 0.15) is 41.3 Å². The van der Waals surface area contributed by atoms with Gasteiger partial charge < -0.3 is 13.9 Å². The highest BCUT2D eigenvalue weighted by Crippen LogP contribution is 2.47. The van der Waals surface area contributed by atoms with E-state index in [1.165, 1.54) is 6.42 Å². The molecule has 3 rings (SSSR count). The molecule has 2 atom stereocenters. The molecule has 1 aliphatic rings. The second-order valence-corrected chi connectivity index (χ2v) is 6.85. The number of hydrogen-bond acceptors (Lipinski definition) is 2. The third-order valence-corrected chi connectivity index (χ3v) is 4.52. The normalized spacial score (nSPS) is 20.6. The SMILES string of the molecule is CC1CC1c1ccc(CN(C)C(=O)c2cc(Br)cn2C)o1. The number of halogens is 1. The van der Waals surface area contributed by atoms with Gasteiger partial charge in [-0.1, -0.05) is 6.92 Å². The Bertz CT molecular complexity index is 674. The monoisotopic (exact) mass is 350 g/mol. The Morgan fingerprint density at radius 1 is 1.52 bits per heavy atom. The lowest BCUT2D eigenvalue weighted by Gasteiger charge is -2.16. The van der Waals surface area contributed by atoms with Gasteiger partial charge in [0.05, 0.1) is 6.54 Å². The van der Waals surface area contributed by atoms with Gasteiger partial charge in [-0.05, 0) is 46.5 Å². The summed E-state index contributed by atoms with van der Waals surface area (Å²) in [5.74, 6) is 3.18. The predicted octanol–water partition coefficient (Wildman–Crippen LogP) is 3.78. The Balaban J connectivity index is 1.68. The third kappa shape index (κ3) is 2.93. The number of nitrogens with zero attached hydrogens (tertiary/aromatic N) is 2. The first kappa shape index (κ1) is 14.4. The van der Waals surface area contributed by atoms with Gasteiger partial charge in [-0.2, -0.15) is 0 Å². The Hall–Kier alpha value is -1.49. The fraction of sp³-hybridized carbons (Fsp3) is 0.438. The molecule has 0 bridgehead atoms. The van der Waals surface area contributed by atoms with Crippen LogP contribution < -0.4 is 0 Å². The van der Waals surface area contributed by atoms with Crippen molar-refractivity contribution in [1.29, 1.82) is 0 Å². The molecule has 21 heavy (non-hydrogen) atoms. The number of furan rings is 1. The van der Waals surface area contributed by atoms with Crippen molar-refractivity contribution in [2.75, 3.05) is 7.05 Å². The first-order valence-electron chi connectivity index (χ1n) is 7.11. The van der Waals surface area contributed by atoms with Gasteiger partial charge in [-0.25, -0.2) is 0 Å². The van der Waals surface area contributed by atoms with Crippen LogP contribution in [0.25, 0.3) is 0 Å². The lowest BCUT2D eigenvalue weighted by atomic mass is 10.3. The van der Waals surface area contributed by atoms with Gasteiger partial charge in [0.15, 0.2) is 0 Å². The van der Waals surface area contributed by atoms with Gasteiger partial charge in [0.1, 0.15) is 17.2 Å². The molecule has 0 radical (unpaired) electrons. The first-order chi connectivity index (χ1) is 9.95. The maximum absolute atomic E-state index is 12.4. The molecule has 1 amide bonds. The molecule has 1 fully saturated rings. The molecule has 0 N–H and O–H groups in total. The average Bonchev–Trinajstić information content (AvgIpc) is 2.84. The van der Waals surface area contributed by atoms with Crippen LogP contribution in [0.2, 0.25) is 0 Å². The molecule has 5 heteroatoms. The summed E-state index contributed by atoms with van der Waals surface area (Å²) >= 11 is 3.39. The fourth-order valence-corrected chi connectivity index (χ4v) is 3.16. The predicted molar refractivity (Wildman–Crippen MR) is 84.1 cm³/mol. The molecule has 1 aliphatic carbocycles. The standard InChI is InChI=1S/C16H19BrN2O2/c1-10-6-13(10)15-5-4-12(21-15)9-19(3)16(20)14-7-11(17)8-18(14)2/h4-5,7-8,10,13H,6,9H2,1-3H3. The molecule has 112 valence electrons. The largest absolute Gasteiger partial charge is 0.464 e. The molecule has 2 unspecified atom stereocenters. The Labute approximate surface area is 132 Å². The van der Waals surface area contributed by atoms with Crippen molar-refractivity contribution >= 4 is 21.8 Å². The van der Waals surface area contributed by atoms with Crippen LogP contribution in [0, 0.1) is 5.92 Å². The summed E-state index contributed by atoms with van der Waals surface area (Å²) in [6, 6.07) is 5.85. The summed E-state index contributed by atoms with van der Waals surface area (Å²) in [5.41, 5.74) is 0.659. The van der Waals surface area contributed by atoms with E-state index in [2.05, 4.69) is 22.9 Å². The van der Waals surface area contributed by atoms with Crippen LogP contribution >= 0.6 is 15.9 Å². The third-order valence-electron chi connectivity index (χ3n) is 4.09. The minimum absolute atomic E-state index is 0.0130. The quantitative estimate of drug-likeness (QED) is 0.841. The Morgan fingerprint density at radius 3 is 2.81 bits per heavy atom. The van der Waals surface area contributed by atoms with Crippen molar-refractivity contribution in [3.63, 3.8) is 0 Å². The van der Waals surface area contributed by atoms with E-state index in [4.69, 9.17) is 4.42 Å². The summed E-state index contributed by atoms with van der Waals surface area (Å²) < 4.78 is 8.59. The summed E-state index contributed by atoms with van der Waals surface area (Å²) in [4.78, 5) is 14.1. The smallest absolute Gasteiger partial charge is 0.270 e. The number of aromatic nitrogens is 1. The van der Waals surface area contributed by atoms with Gasteiger partial charge >= 0.3 is 0 Å². The van der Waals surface area contributed by atoms with Gasteiger partial charge in [0.2, 0.25) is 0 Å². The zero-order chi connectivity index (χ0) is 15.1. The van der Waals surface area contributed by atoms with E-state index < -0.39 is 0 Å². The zero-order valence-electron chi connectivity index (χ0n) is 12.5. The van der Waals surface area contributed by atoms with Gasteiger partial charge in [0, 0.05) is 30.7 Å². The molecule has 4 nitrogen and oxygen atoms in total. The molecule has 0 spiro atoms. The van der Waals surface area contributed by atoms with Crippen molar-refractivity contribution < 1.29 is 9.21 Å². The second-order valence-electron chi connectivity index (χ2n) is 5.94. The highest BCUT2D eigenvalue weighted by atomic mass is 79.9. The zero-order valence-corrected chi connectivity index (χ0v) is 14.1. The molecule has 0 aromatic carbocycles. The minimum atomic E-state index is -0.0130. The number of rotatable bonds is 4. The van der Waals surface area contributed by atoms with Gasteiger partial charge in [0.25, 0.3) is 5.91 Å². The van der Waals surface area contributed by atoms with Crippen LogP contribution in [-0.4, -0.2) is 22.4 Å². The highest BCUT2D eigenvalue weighted by Gasteiger charge is 2.36. The highest BCUT2D eigenvalue weighted by molar-refractivity contribution is 9.10. The van der Waals surface area contributed by atoms with Crippen molar-refractivity contribution in [2.45, 2.75) is 25.8 Å². The number of carbonyl (C=O) groups is 1. The van der Waals surface area contributed by atoms with E-state index in [1.807, 2.05) is 36.0 Å². The van der Waals surface area contributed by atoms with Gasteiger partial charge in [-0.3, -0.25) is 4.79 Å². The summed E-state index contributed by atoms with van der Waals surface area (Å²) in [7, 11) is 3.66. The van der Waals surface area contributed by atoms with E-state index in [9.17, 15) is 4.79 Å². The molecule has 1 saturated carbocycles. The van der Waals surface area contributed by atoms with Crippen molar-refractivity contribution in [2.24, 2.45) is 13.0 Å². The van der Waals surface area contributed by atoms with E-state index in [-0.39, 0.29) is 5.91 Å². The van der Waals surface area contributed by atoms with Crippen LogP contribution in [0.15, 0.2) is 33.3 Å². The van der Waals surface area contributed by atoms with Crippen molar-refractivity contribution in [3.05, 3.63) is 46.1 Å². The van der Waals surface area contributed by atoms with Crippen LogP contribution in [0.3, 0.4) is 0 Å². The molecular weight excluding hydrogens is 332 g/mol. The molecular formula is C16H19BrN2O2. The molecule has 2 aromatic heterocycles. The maximum Gasteiger partial charge on any atom is 0.270 e. The van der Waals surface area contributed by atoms with E-state index >= 15 is 0 Å². The number of carbonyl (C=O) groups excluding carboxylic acids is 1. The summed E-state index contributed by atoms with van der Waals surface area (Å²) in [6.45, 7) is 2.72. The van der Waals surface area contributed by atoms with E-state index in [0.717, 1.165) is 21.9 Å². The lowest BCUT2D eigenvalue weighted by molar-refractivity contribution is 0.0765. The van der Waals surface area contributed by atoms with Crippen LogP contribution in [0.5, 0.6) is 0 Å². The number of hydrogen-bond donors (Lipinski definition) is 0. The summed E-state index contributed by atoms with van der Waals surface area (Å²) in [5, 5.41) is 0. The average molecular weight is 351 g/mol. The minimum Gasteiger partial charge on any atom is -0.464 e. The number of aryl methyl sites for hydroxylation is 1. The first-order valence-corrected chi connectivity index (χ1v) is 7.91. The Morgan fingerprint density at radius 2 is 2.24 bits per heavy atom. The molecule has 0 aliphatic heterocycles. The topological polar surface area (TPSA) is 38.4 Å². The molecule has 2 heterocycles.